The highest BCUT2D eigenvalue weighted by atomic mass is 19.4. The number of benzene rings is 1. The van der Waals surface area contributed by atoms with E-state index in [0.29, 0.717) is 5.56 Å². The number of likely N-dealkylation sites (tertiary alicyclic amines) is 1. The predicted molar refractivity (Wildman–Crippen MR) is 120 cm³/mol. The molecule has 0 unspecified atom stereocenters. The van der Waals surface area contributed by atoms with Crippen molar-refractivity contribution in [3.05, 3.63) is 41.4 Å². The molecule has 192 valence electrons. The van der Waals surface area contributed by atoms with Crippen molar-refractivity contribution in [2.75, 3.05) is 20.2 Å². The molecule has 3 heterocycles. The van der Waals surface area contributed by atoms with E-state index in [1.54, 1.807) is 0 Å². The molecule has 9 nitrogen and oxygen atoms in total. The fourth-order valence-corrected chi connectivity index (χ4v) is 3.72. The molecule has 1 aromatic carbocycles. The van der Waals surface area contributed by atoms with Crippen molar-refractivity contribution < 1.29 is 36.3 Å². The Hall–Kier alpha value is -3.74. The van der Waals surface area contributed by atoms with Crippen LogP contribution in [-0.2, 0) is 17.5 Å². The first-order valence-electron chi connectivity index (χ1n) is 10.9. The van der Waals surface area contributed by atoms with Crippen LogP contribution < -0.4 is 15.8 Å². The highest BCUT2D eigenvalue weighted by molar-refractivity contribution is 5.98. The van der Waals surface area contributed by atoms with Crippen molar-refractivity contribution in [1.29, 1.82) is 0 Å². The normalized spacial score (nSPS) is 14.6. The number of nitrogens with two attached hydrogens (primary N) is 1. The molecule has 0 bridgehead atoms. The third-order valence-electron chi connectivity index (χ3n) is 5.69. The first-order chi connectivity index (χ1) is 16.8. The molecule has 3 aromatic rings. The molecule has 0 atom stereocenters. The monoisotopic (exact) mass is 509 g/mol. The zero-order valence-electron chi connectivity index (χ0n) is 19.6. The number of nitrogens with one attached hydrogen (secondary N) is 1. The molecule has 1 aliphatic heterocycles. The molecular weight excluding hydrogens is 486 g/mol. The first-order valence-corrected chi connectivity index (χ1v) is 10.9. The number of aromatic nitrogens is 2. The molecule has 36 heavy (non-hydrogen) atoms. The fraction of sp³-hybridized carbons (Fsp3) is 0.391. The molecule has 0 radical (unpaired) electrons. The van der Waals surface area contributed by atoms with Gasteiger partial charge in [0.25, 0.3) is 11.8 Å². The molecular formula is C23H23F4N5O4. The van der Waals surface area contributed by atoms with Crippen LogP contribution in [0.3, 0.4) is 0 Å². The summed E-state index contributed by atoms with van der Waals surface area (Å²) < 4.78 is 64.2. The number of amides is 2. The molecule has 1 saturated heterocycles. The Morgan fingerprint density at radius 1 is 1.17 bits per heavy atom. The number of hydrogen-bond acceptors (Lipinski definition) is 7. The Labute approximate surface area is 202 Å². The Morgan fingerprint density at radius 3 is 2.44 bits per heavy atom. The average molecular weight is 509 g/mol. The van der Waals surface area contributed by atoms with Gasteiger partial charge in [0.15, 0.2) is 17.1 Å². The van der Waals surface area contributed by atoms with E-state index in [9.17, 15) is 27.2 Å². The Bertz CT molecular complexity index is 1330. The van der Waals surface area contributed by atoms with Gasteiger partial charge in [0.2, 0.25) is 5.89 Å². The molecule has 3 N–H and O–H groups in total. The first kappa shape index (κ1) is 25.4. The van der Waals surface area contributed by atoms with Gasteiger partial charge in [0.1, 0.15) is 17.0 Å². The van der Waals surface area contributed by atoms with Crippen molar-refractivity contribution in [2.45, 2.75) is 38.3 Å². The molecule has 2 amide bonds. The van der Waals surface area contributed by atoms with Crippen LogP contribution in [0.1, 0.15) is 35.8 Å². The lowest BCUT2D eigenvalue weighted by atomic mass is 10.1. The number of oxazole rings is 1. The standard InChI is InChI=1S/C23H23F4N5O4/c1-22(2,24)21(34)29-11-9-32(10-11)20(33)18-15(8-28)36-19(31-18)13-4-6-14(35-3)17-12(13)5-7-16(30-17)23(25,26)27/h4-7,11H,8-10,28H2,1-3H3,(H,29,34). The van der Waals surface area contributed by atoms with E-state index in [1.807, 2.05) is 0 Å². The van der Waals surface area contributed by atoms with Crippen LogP contribution in [0.15, 0.2) is 28.7 Å². The Kier molecular flexibility index (Phi) is 6.37. The Balaban J connectivity index is 1.63. The molecule has 13 heteroatoms. The van der Waals surface area contributed by atoms with E-state index in [-0.39, 0.29) is 53.6 Å². The van der Waals surface area contributed by atoms with Gasteiger partial charge in [-0.1, -0.05) is 0 Å². The number of pyridine rings is 1. The van der Waals surface area contributed by atoms with Gasteiger partial charge in [-0.05, 0) is 38.1 Å². The number of rotatable bonds is 6. The highest BCUT2D eigenvalue weighted by Gasteiger charge is 2.38. The number of methoxy groups -OCH3 is 1. The highest BCUT2D eigenvalue weighted by Crippen LogP contribution is 2.37. The number of carbonyl (C=O) groups is 2. The summed E-state index contributed by atoms with van der Waals surface area (Å²) in [5.74, 6) is -1.12. The van der Waals surface area contributed by atoms with E-state index in [2.05, 4.69) is 15.3 Å². The third-order valence-corrected chi connectivity index (χ3v) is 5.69. The molecule has 0 spiro atoms. The maximum Gasteiger partial charge on any atom is 0.433 e. The summed E-state index contributed by atoms with van der Waals surface area (Å²) in [6.45, 7) is 2.39. The van der Waals surface area contributed by atoms with E-state index >= 15 is 0 Å². The van der Waals surface area contributed by atoms with Gasteiger partial charge in [-0.25, -0.2) is 14.4 Å². The maximum absolute atomic E-state index is 13.7. The second kappa shape index (κ2) is 9.04. The lowest BCUT2D eigenvalue weighted by Crippen LogP contribution is -2.62. The SMILES string of the molecule is COc1ccc(-c2nc(C(=O)N3CC(NC(=O)C(C)(C)F)C3)c(CN)o2)c2ccc(C(F)(F)F)nc12. The summed E-state index contributed by atoms with van der Waals surface area (Å²) >= 11 is 0. The number of halogens is 4. The van der Waals surface area contributed by atoms with Crippen LogP contribution in [0.4, 0.5) is 17.6 Å². The molecule has 2 aromatic heterocycles. The van der Waals surface area contributed by atoms with Crippen molar-refractivity contribution in [3.8, 4) is 17.2 Å². The molecule has 0 aliphatic carbocycles. The van der Waals surface area contributed by atoms with Gasteiger partial charge in [-0.3, -0.25) is 9.59 Å². The maximum atomic E-state index is 13.7. The summed E-state index contributed by atoms with van der Waals surface area (Å²) in [4.78, 5) is 34.2. The van der Waals surface area contributed by atoms with Gasteiger partial charge < -0.3 is 25.1 Å². The zero-order valence-corrected chi connectivity index (χ0v) is 19.6. The second-order valence-corrected chi connectivity index (χ2v) is 8.75. The van der Waals surface area contributed by atoms with Crippen molar-refractivity contribution in [3.63, 3.8) is 0 Å². The zero-order chi connectivity index (χ0) is 26.4. The number of fused-ring (bicyclic) bond motifs is 1. The minimum Gasteiger partial charge on any atom is -0.494 e. The van der Waals surface area contributed by atoms with Crippen molar-refractivity contribution in [1.82, 2.24) is 20.2 Å². The second-order valence-electron chi connectivity index (χ2n) is 8.75. The van der Waals surface area contributed by atoms with E-state index < -0.39 is 35.4 Å². The number of nitrogens with zero attached hydrogens (tertiary/aromatic N) is 3. The van der Waals surface area contributed by atoms with Crippen LogP contribution >= 0.6 is 0 Å². The van der Waals surface area contributed by atoms with E-state index in [1.165, 1.54) is 30.2 Å². The van der Waals surface area contributed by atoms with Crippen molar-refractivity contribution in [2.24, 2.45) is 5.73 Å². The van der Waals surface area contributed by atoms with Crippen molar-refractivity contribution >= 4 is 22.7 Å². The predicted octanol–water partition coefficient (Wildman–Crippen LogP) is 3.06. The lowest BCUT2D eigenvalue weighted by molar-refractivity contribution is -0.141. The third kappa shape index (κ3) is 4.70. The summed E-state index contributed by atoms with van der Waals surface area (Å²) in [6.07, 6.45) is -4.65. The van der Waals surface area contributed by atoms with E-state index in [4.69, 9.17) is 14.9 Å². The molecule has 1 aliphatic rings. The van der Waals surface area contributed by atoms with Gasteiger partial charge in [-0.15, -0.1) is 0 Å². The molecule has 0 saturated carbocycles. The minimum atomic E-state index is -4.65. The number of hydrogen-bond donors (Lipinski definition) is 2. The van der Waals surface area contributed by atoms with Crippen LogP contribution in [0.25, 0.3) is 22.4 Å². The Morgan fingerprint density at radius 2 is 1.86 bits per heavy atom. The minimum absolute atomic E-state index is 0.0300. The lowest BCUT2D eigenvalue weighted by Gasteiger charge is -2.39. The van der Waals surface area contributed by atoms with E-state index in [0.717, 1.165) is 19.9 Å². The number of ether oxygens (including phenoxy) is 1. The summed E-state index contributed by atoms with van der Waals surface area (Å²) in [7, 11) is 1.31. The van der Waals surface area contributed by atoms with Crippen LogP contribution in [0, 0.1) is 0 Å². The smallest absolute Gasteiger partial charge is 0.433 e. The van der Waals surface area contributed by atoms with Gasteiger partial charge in [0.05, 0.1) is 19.7 Å². The summed E-state index contributed by atoms with van der Waals surface area (Å²) in [5, 5.41) is 2.79. The fourth-order valence-electron chi connectivity index (χ4n) is 3.72. The van der Waals surface area contributed by atoms with Gasteiger partial charge >= 0.3 is 6.18 Å². The largest absolute Gasteiger partial charge is 0.494 e. The average Bonchev–Trinajstić information content (AvgIpc) is 3.22. The number of carbonyl (C=O) groups excluding carboxylic acids is 2. The quantitative estimate of drug-likeness (QED) is 0.490. The summed E-state index contributed by atoms with van der Waals surface area (Å²) in [5.41, 5.74) is 2.78. The van der Waals surface area contributed by atoms with Crippen LogP contribution in [0.5, 0.6) is 5.75 Å². The van der Waals surface area contributed by atoms with Gasteiger partial charge in [0, 0.05) is 24.0 Å². The molecule has 1 fully saturated rings. The van der Waals surface area contributed by atoms with Gasteiger partial charge in [-0.2, -0.15) is 13.2 Å². The summed E-state index contributed by atoms with van der Waals surface area (Å²) in [6, 6.07) is 4.60. The topological polar surface area (TPSA) is 124 Å². The van der Waals surface area contributed by atoms with Crippen LogP contribution in [-0.4, -0.2) is 58.6 Å². The number of alkyl halides is 4. The van der Waals surface area contributed by atoms with Crippen LogP contribution in [0.2, 0.25) is 0 Å². The molecule has 4 rings (SSSR count).